The summed E-state index contributed by atoms with van der Waals surface area (Å²) in [4.78, 5) is 11.7. The first kappa shape index (κ1) is 19.1. The van der Waals surface area contributed by atoms with Crippen LogP contribution in [0, 0.1) is 6.92 Å². The molecule has 3 aromatic heterocycles. The summed E-state index contributed by atoms with van der Waals surface area (Å²) in [7, 11) is 0. The summed E-state index contributed by atoms with van der Waals surface area (Å²) < 4.78 is 38.9. The van der Waals surface area contributed by atoms with Crippen LogP contribution in [0.1, 0.15) is 21.7 Å². The molecular formula is C16H17BrF3N5S. The van der Waals surface area contributed by atoms with Gasteiger partial charge >= 0.3 is 6.18 Å². The standard InChI is InChI=1S/C16H17BrF3N5S/c1-9-11(26-13(12(9)17)16(18,19)20)8-21-5-3-7-23-15-24-10-4-2-6-22-14(10)25-15/h2,4,6,21H,3,5,7-8H2,1H3,(H2,22,23,24,25). The highest BCUT2D eigenvalue weighted by atomic mass is 79.9. The van der Waals surface area contributed by atoms with Crippen LogP contribution >= 0.6 is 27.3 Å². The van der Waals surface area contributed by atoms with E-state index >= 15 is 0 Å². The fourth-order valence-electron chi connectivity index (χ4n) is 2.44. The lowest BCUT2D eigenvalue weighted by Gasteiger charge is -2.05. The van der Waals surface area contributed by atoms with E-state index in [2.05, 4.69) is 41.5 Å². The van der Waals surface area contributed by atoms with Crippen LogP contribution in [0.25, 0.3) is 11.2 Å². The molecule has 0 unspecified atom stereocenters. The number of nitrogens with one attached hydrogen (secondary N) is 3. The predicted molar refractivity (Wildman–Crippen MR) is 100 cm³/mol. The average molecular weight is 448 g/mol. The van der Waals surface area contributed by atoms with Gasteiger partial charge in [-0.05, 0) is 53.5 Å². The van der Waals surface area contributed by atoms with Gasteiger partial charge in [0.15, 0.2) is 5.65 Å². The minimum Gasteiger partial charge on any atom is -0.356 e. The van der Waals surface area contributed by atoms with Gasteiger partial charge in [-0.2, -0.15) is 18.2 Å². The summed E-state index contributed by atoms with van der Waals surface area (Å²) in [6.45, 7) is 3.49. The van der Waals surface area contributed by atoms with Crippen LogP contribution < -0.4 is 10.6 Å². The zero-order valence-electron chi connectivity index (χ0n) is 13.9. The molecular weight excluding hydrogens is 431 g/mol. The Balaban J connectivity index is 1.43. The molecule has 0 aliphatic rings. The van der Waals surface area contributed by atoms with Crippen molar-refractivity contribution in [3.8, 4) is 0 Å². The van der Waals surface area contributed by atoms with E-state index in [4.69, 9.17) is 0 Å². The second kappa shape index (κ2) is 7.93. The Bertz CT molecular complexity index is 857. The number of imidazole rings is 1. The molecule has 140 valence electrons. The predicted octanol–water partition coefficient (Wildman–Crippen LogP) is 4.70. The monoisotopic (exact) mass is 447 g/mol. The second-order valence-corrected chi connectivity index (χ2v) is 7.61. The fourth-order valence-corrected chi connectivity index (χ4v) is 4.31. The summed E-state index contributed by atoms with van der Waals surface area (Å²) in [6.07, 6.45) is -1.83. The van der Waals surface area contributed by atoms with Crippen molar-refractivity contribution in [3.63, 3.8) is 0 Å². The summed E-state index contributed by atoms with van der Waals surface area (Å²) in [5, 5.41) is 6.36. The van der Waals surface area contributed by atoms with Crippen molar-refractivity contribution in [2.24, 2.45) is 0 Å². The lowest BCUT2D eigenvalue weighted by atomic mass is 10.2. The number of aromatic amines is 1. The lowest BCUT2D eigenvalue weighted by Crippen LogP contribution is -2.17. The highest BCUT2D eigenvalue weighted by Crippen LogP contribution is 2.43. The molecule has 5 nitrogen and oxygen atoms in total. The summed E-state index contributed by atoms with van der Waals surface area (Å²) in [5.41, 5.74) is 2.17. The Morgan fingerprint density at radius 2 is 2.12 bits per heavy atom. The van der Waals surface area contributed by atoms with Gasteiger partial charge in [-0.15, -0.1) is 11.3 Å². The molecule has 10 heteroatoms. The number of hydrogen-bond donors (Lipinski definition) is 3. The third-order valence-corrected chi connectivity index (χ3v) is 6.39. The van der Waals surface area contributed by atoms with Crippen molar-refractivity contribution >= 4 is 44.4 Å². The van der Waals surface area contributed by atoms with Crippen LogP contribution in [0.3, 0.4) is 0 Å². The molecule has 0 aromatic carbocycles. The molecule has 0 fully saturated rings. The Kier molecular flexibility index (Phi) is 5.83. The van der Waals surface area contributed by atoms with Crippen LogP contribution in [-0.2, 0) is 12.7 Å². The molecule has 3 aromatic rings. The summed E-state index contributed by atoms with van der Waals surface area (Å²) in [5.74, 6) is 0.659. The number of hydrogen-bond acceptors (Lipinski definition) is 5. The van der Waals surface area contributed by atoms with Crippen LogP contribution in [-0.4, -0.2) is 28.0 Å². The molecule has 3 N–H and O–H groups in total. The number of alkyl halides is 3. The Morgan fingerprint density at radius 1 is 1.31 bits per heavy atom. The highest BCUT2D eigenvalue weighted by Gasteiger charge is 2.36. The van der Waals surface area contributed by atoms with Crippen molar-refractivity contribution in [2.45, 2.75) is 26.1 Å². The normalized spacial score (nSPS) is 12.0. The van der Waals surface area contributed by atoms with E-state index in [1.165, 1.54) is 0 Å². The average Bonchev–Trinajstić information content (AvgIpc) is 3.12. The first-order valence-electron chi connectivity index (χ1n) is 7.96. The van der Waals surface area contributed by atoms with Crippen molar-refractivity contribution in [3.05, 3.63) is 38.1 Å². The van der Waals surface area contributed by atoms with E-state index in [-0.39, 0.29) is 4.47 Å². The van der Waals surface area contributed by atoms with Crippen LogP contribution in [0.4, 0.5) is 19.1 Å². The third-order valence-electron chi connectivity index (χ3n) is 3.80. The summed E-state index contributed by atoms with van der Waals surface area (Å²) >= 11 is 3.83. The molecule has 0 bridgehead atoms. The van der Waals surface area contributed by atoms with Gasteiger partial charge in [0.2, 0.25) is 5.95 Å². The molecule has 0 saturated heterocycles. The van der Waals surface area contributed by atoms with E-state index in [0.29, 0.717) is 41.7 Å². The van der Waals surface area contributed by atoms with Crippen molar-refractivity contribution < 1.29 is 13.2 Å². The topological polar surface area (TPSA) is 65.6 Å². The lowest BCUT2D eigenvalue weighted by molar-refractivity contribution is -0.134. The molecule has 0 aliphatic heterocycles. The number of aromatic nitrogens is 3. The van der Waals surface area contributed by atoms with E-state index in [9.17, 15) is 13.2 Å². The minimum absolute atomic E-state index is 0.145. The van der Waals surface area contributed by atoms with E-state index in [1.54, 1.807) is 13.1 Å². The summed E-state index contributed by atoms with van der Waals surface area (Å²) in [6, 6.07) is 3.74. The van der Waals surface area contributed by atoms with Gasteiger partial charge in [-0.3, -0.25) is 0 Å². The molecule has 0 radical (unpaired) electrons. The van der Waals surface area contributed by atoms with Gasteiger partial charge in [0.1, 0.15) is 4.88 Å². The van der Waals surface area contributed by atoms with Crippen LogP contribution in [0.15, 0.2) is 22.8 Å². The Labute approximate surface area is 160 Å². The van der Waals surface area contributed by atoms with Gasteiger partial charge < -0.3 is 15.6 Å². The van der Waals surface area contributed by atoms with Gasteiger partial charge in [-0.1, -0.05) is 0 Å². The largest absolute Gasteiger partial charge is 0.426 e. The van der Waals surface area contributed by atoms with Gasteiger partial charge in [0.25, 0.3) is 0 Å². The number of nitrogens with zero attached hydrogens (tertiary/aromatic N) is 2. The van der Waals surface area contributed by atoms with Crippen LogP contribution in [0.5, 0.6) is 0 Å². The van der Waals surface area contributed by atoms with Gasteiger partial charge in [-0.25, -0.2) is 4.98 Å². The maximum atomic E-state index is 12.9. The van der Waals surface area contributed by atoms with Gasteiger partial charge in [0, 0.05) is 28.6 Å². The Hall–Kier alpha value is -1.65. The number of thiophene rings is 1. The maximum Gasteiger partial charge on any atom is 0.426 e. The van der Waals surface area contributed by atoms with Crippen molar-refractivity contribution in [1.29, 1.82) is 0 Å². The zero-order valence-corrected chi connectivity index (χ0v) is 16.3. The molecule has 26 heavy (non-hydrogen) atoms. The molecule has 0 amide bonds. The van der Waals surface area contributed by atoms with Crippen LogP contribution in [0.2, 0.25) is 0 Å². The van der Waals surface area contributed by atoms with Crippen molar-refractivity contribution in [2.75, 3.05) is 18.4 Å². The number of anilines is 1. The highest BCUT2D eigenvalue weighted by molar-refractivity contribution is 9.10. The molecule has 3 heterocycles. The van der Waals surface area contributed by atoms with Gasteiger partial charge in [0.05, 0.1) is 5.52 Å². The number of rotatable bonds is 7. The molecule has 3 rings (SSSR count). The number of fused-ring (bicyclic) bond motifs is 1. The molecule has 0 atom stereocenters. The first-order chi connectivity index (χ1) is 12.4. The number of pyridine rings is 1. The maximum absolute atomic E-state index is 12.9. The quantitative estimate of drug-likeness (QED) is 0.459. The zero-order chi connectivity index (χ0) is 18.7. The van der Waals surface area contributed by atoms with Crippen molar-refractivity contribution in [1.82, 2.24) is 20.3 Å². The smallest absolute Gasteiger partial charge is 0.356 e. The Morgan fingerprint density at radius 3 is 2.81 bits per heavy atom. The second-order valence-electron chi connectivity index (χ2n) is 5.71. The molecule has 0 aliphatic carbocycles. The first-order valence-corrected chi connectivity index (χ1v) is 9.57. The fraction of sp³-hybridized carbons (Fsp3) is 0.375. The molecule has 0 spiro atoms. The van der Waals surface area contributed by atoms with E-state index in [1.807, 2.05) is 12.1 Å². The minimum atomic E-state index is -4.32. The third kappa shape index (κ3) is 4.36. The number of halogens is 4. The number of H-pyrrole nitrogens is 1. The van der Waals surface area contributed by atoms with E-state index in [0.717, 1.165) is 23.3 Å². The molecule has 0 saturated carbocycles. The van der Waals surface area contributed by atoms with E-state index < -0.39 is 11.1 Å². The SMILES string of the molecule is Cc1c(CNCCCNc2nc3ncccc3[nH]2)sc(C(F)(F)F)c1Br.